The van der Waals surface area contributed by atoms with Gasteiger partial charge < -0.3 is 14.6 Å². The van der Waals surface area contributed by atoms with Crippen LogP contribution < -0.4 is 5.43 Å². The average molecular weight is 284 g/mol. The van der Waals surface area contributed by atoms with E-state index in [-0.39, 0.29) is 17.5 Å². The zero-order valence-corrected chi connectivity index (χ0v) is 10.2. The number of carboxylic acid groups (broad SMARTS) is 1. The Morgan fingerprint density at radius 3 is 3.00 bits per heavy atom. The number of aromatic hydroxyl groups is 1. The third-order valence-electron chi connectivity index (χ3n) is 1.99. The van der Waals surface area contributed by atoms with Crippen molar-refractivity contribution in [2.24, 2.45) is 0 Å². The molecule has 0 radical (unpaired) electrons. The van der Waals surface area contributed by atoms with Crippen LogP contribution in [-0.2, 0) is 17.1 Å². The summed E-state index contributed by atoms with van der Waals surface area (Å²) in [4.78, 5) is 21.7. The predicted molar refractivity (Wildman–Crippen MR) is 61.7 cm³/mol. The molecule has 0 bridgehead atoms. The molecule has 19 heavy (non-hydrogen) atoms. The minimum absolute atomic E-state index is 0.232. The molecule has 0 saturated heterocycles. The quantitative estimate of drug-likeness (QED) is 0.710. The first kappa shape index (κ1) is 13.1. The van der Waals surface area contributed by atoms with E-state index in [1.165, 1.54) is 0 Å². The highest BCUT2D eigenvalue weighted by Gasteiger charge is 2.11. The lowest BCUT2D eigenvalue weighted by Crippen LogP contribution is -2.11. The molecule has 0 fully saturated rings. The number of carboxylic acids is 1. The van der Waals surface area contributed by atoms with Gasteiger partial charge in [0.2, 0.25) is 10.6 Å². The summed E-state index contributed by atoms with van der Waals surface area (Å²) in [6.07, 6.45) is 0.943. The van der Waals surface area contributed by atoms with Gasteiger partial charge in [0, 0.05) is 6.07 Å². The van der Waals surface area contributed by atoms with E-state index in [9.17, 15) is 9.59 Å². The molecule has 0 aliphatic carbocycles. The molecule has 0 saturated carbocycles. The van der Waals surface area contributed by atoms with Gasteiger partial charge in [0.15, 0.2) is 5.75 Å². The van der Waals surface area contributed by atoms with Gasteiger partial charge in [0.25, 0.3) is 0 Å². The first-order chi connectivity index (χ1) is 9.06. The van der Waals surface area contributed by atoms with Crippen LogP contribution in [0.1, 0.15) is 5.76 Å². The number of rotatable bonds is 5. The number of nitrogens with zero attached hydrogens (tertiary/aromatic N) is 4. The van der Waals surface area contributed by atoms with Gasteiger partial charge in [0.1, 0.15) is 18.6 Å². The lowest BCUT2D eigenvalue weighted by atomic mass is 10.4. The maximum absolute atomic E-state index is 11.2. The van der Waals surface area contributed by atoms with Crippen LogP contribution in [-0.4, -0.2) is 36.4 Å². The second-order valence-electron chi connectivity index (χ2n) is 3.40. The maximum Gasteiger partial charge on any atom is 0.325 e. The van der Waals surface area contributed by atoms with E-state index in [1.807, 2.05) is 0 Å². The molecule has 2 N–H and O–H groups in total. The number of hydrogen-bond acceptors (Lipinski definition) is 8. The second kappa shape index (κ2) is 5.52. The number of hydrogen-bond donors (Lipinski definition) is 2. The van der Waals surface area contributed by atoms with E-state index in [4.69, 9.17) is 14.6 Å². The van der Waals surface area contributed by atoms with E-state index >= 15 is 0 Å². The fourth-order valence-corrected chi connectivity index (χ4v) is 1.95. The molecule has 0 atom stereocenters. The first-order valence-electron chi connectivity index (χ1n) is 4.97. The monoisotopic (exact) mass is 284 g/mol. The number of aliphatic carboxylic acids is 1. The summed E-state index contributed by atoms with van der Waals surface area (Å²) in [5.74, 6) is -0.984. The fourth-order valence-electron chi connectivity index (χ4n) is 1.18. The highest BCUT2D eigenvalue weighted by molar-refractivity contribution is 7.98. The van der Waals surface area contributed by atoms with Crippen LogP contribution in [0.3, 0.4) is 0 Å². The maximum atomic E-state index is 11.2. The SMILES string of the molecule is O=C(O)Cn1nnnc1SCc1cc(=O)c(O)co1. The van der Waals surface area contributed by atoms with Crippen molar-refractivity contribution in [2.45, 2.75) is 17.5 Å². The standard InChI is InChI=1S/C9H8N4O5S/c14-6-1-5(18-3-7(6)15)4-19-9-10-11-12-13(9)2-8(16)17/h1,3,15H,2,4H2,(H,16,17). The third-order valence-corrected chi connectivity index (χ3v) is 2.97. The van der Waals surface area contributed by atoms with Crippen LogP contribution >= 0.6 is 11.8 Å². The van der Waals surface area contributed by atoms with Gasteiger partial charge in [-0.25, -0.2) is 4.68 Å². The smallest absolute Gasteiger partial charge is 0.325 e. The van der Waals surface area contributed by atoms with Gasteiger partial charge in [-0.15, -0.1) is 5.10 Å². The van der Waals surface area contributed by atoms with Gasteiger partial charge in [-0.1, -0.05) is 11.8 Å². The first-order valence-corrected chi connectivity index (χ1v) is 5.96. The van der Waals surface area contributed by atoms with Gasteiger partial charge >= 0.3 is 5.97 Å². The molecule has 0 spiro atoms. The Balaban J connectivity index is 2.06. The molecule has 2 rings (SSSR count). The number of carbonyl (C=O) groups is 1. The largest absolute Gasteiger partial charge is 0.502 e. The van der Waals surface area contributed by atoms with Gasteiger partial charge in [0.05, 0.1) is 5.75 Å². The zero-order chi connectivity index (χ0) is 13.8. The topological polar surface area (TPSA) is 131 Å². The number of thioether (sulfide) groups is 1. The molecule has 0 unspecified atom stereocenters. The van der Waals surface area contributed by atoms with Crippen molar-refractivity contribution in [1.29, 1.82) is 0 Å². The van der Waals surface area contributed by atoms with Crippen molar-refractivity contribution in [3.63, 3.8) is 0 Å². The van der Waals surface area contributed by atoms with Crippen molar-refractivity contribution in [3.8, 4) is 5.75 Å². The molecule has 10 heteroatoms. The average Bonchev–Trinajstić information content (AvgIpc) is 2.77. The molecule has 100 valence electrons. The Kier molecular flexibility index (Phi) is 3.80. The molecule has 0 aliphatic heterocycles. The summed E-state index contributed by atoms with van der Waals surface area (Å²) >= 11 is 1.11. The second-order valence-corrected chi connectivity index (χ2v) is 4.34. The Hall–Kier alpha value is -2.36. The van der Waals surface area contributed by atoms with E-state index < -0.39 is 17.1 Å². The Morgan fingerprint density at radius 1 is 1.53 bits per heavy atom. The molecule has 2 aromatic rings. The van der Waals surface area contributed by atoms with E-state index in [0.29, 0.717) is 5.76 Å². The molecule has 2 aromatic heterocycles. The Labute approximate surface area is 109 Å². The van der Waals surface area contributed by atoms with Crippen LogP contribution in [0.15, 0.2) is 26.7 Å². The van der Waals surface area contributed by atoms with Crippen LogP contribution in [0.25, 0.3) is 0 Å². The lowest BCUT2D eigenvalue weighted by molar-refractivity contribution is -0.138. The predicted octanol–water partition coefficient (Wildman–Crippen LogP) is -0.291. The molecule has 9 nitrogen and oxygen atoms in total. The summed E-state index contributed by atoms with van der Waals surface area (Å²) in [6.45, 7) is -0.352. The van der Waals surface area contributed by atoms with Crippen molar-refractivity contribution in [3.05, 3.63) is 28.3 Å². The highest BCUT2D eigenvalue weighted by atomic mass is 32.2. The molecular formula is C9H8N4O5S. The summed E-state index contributed by atoms with van der Waals surface area (Å²) in [7, 11) is 0. The lowest BCUT2D eigenvalue weighted by Gasteiger charge is -2.01. The third kappa shape index (κ3) is 3.31. The van der Waals surface area contributed by atoms with E-state index in [1.54, 1.807) is 0 Å². The highest BCUT2D eigenvalue weighted by Crippen LogP contribution is 2.19. The Morgan fingerprint density at radius 2 is 2.32 bits per heavy atom. The molecule has 2 heterocycles. The van der Waals surface area contributed by atoms with Crippen molar-refractivity contribution in [2.75, 3.05) is 0 Å². The van der Waals surface area contributed by atoms with Gasteiger partial charge in [-0.2, -0.15) is 0 Å². The zero-order valence-electron chi connectivity index (χ0n) is 9.39. The minimum Gasteiger partial charge on any atom is -0.502 e. The molecular weight excluding hydrogens is 276 g/mol. The number of aromatic nitrogens is 4. The van der Waals surface area contributed by atoms with Crippen molar-refractivity contribution in [1.82, 2.24) is 20.2 Å². The van der Waals surface area contributed by atoms with Crippen LogP contribution in [0.4, 0.5) is 0 Å². The molecule has 0 aliphatic rings. The minimum atomic E-state index is -1.06. The van der Waals surface area contributed by atoms with Crippen molar-refractivity contribution >= 4 is 17.7 Å². The molecule has 0 aromatic carbocycles. The van der Waals surface area contributed by atoms with E-state index in [0.717, 1.165) is 28.8 Å². The van der Waals surface area contributed by atoms with Crippen LogP contribution in [0.5, 0.6) is 5.75 Å². The van der Waals surface area contributed by atoms with Crippen LogP contribution in [0, 0.1) is 0 Å². The summed E-state index contributed by atoms with van der Waals surface area (Å²) in [6, 6.07) is 1.15. The summed E-state index contributed by atoms with van der Waals surface area (Å²) in [5.41, 5.74) is -0.549. The normalized spacial score (nSPS) is 10.5. The van der Waals surface area contributed by atoms with E-state index in [2.05, 4.69) is 15.5 Å². The summed E-state index contributed by atoms with van der Waals surface area (Å²) < 4.78 is 6.11. The number of tetrazole rings is 1. The van der Waals surface area contributed by atoms with Crippen LogP contribution in [0.2, 0.25) is 0 Å². The molecule has 0 amide bonds. The summed E-state index contributed by atoms with van der Waals surface area (Å²) in [5, 5.41) is 28.5. The fraction of sp³-hybridized carbons (Fsp3) is 0.222. The Bertz CT molecular complexity index is 652. The van der Waals surface area contributed by atoms with Crippen molar-refractivity contribution < 1.29 is 19.4 Å². The van der Waals surface area contributed by atoms with Gasteiger partial charge in [-0.3, -0.25) is 9.59 Å². The van der Waals surface area contributed by atoms with Gasteiger partial charge in [-0.05, 0) is 10.4 Å².